The van der Waals surface area contributed by atoms with Crippen molar-refractivity contribution in [3.8, 4) is 5.69 Å². The molecule has 1 saturated carbocycles. The van der Waals surface area contributed by atoms with Crippen molar-refractivity contribution in [3.63, 3.8) is 0 Å². The molecule has 5 rings (SSSR count). The number of aliphatic hydroxyl groups is 1. The molecule has 8 heteroatoms. The Labute approximate surface area is 182 Å². The van der Waals surface area contributed by atoms with Crippen LogP contribution in [0.25, 0.3) is 11.8 Å². The van der Waals surface area contributed by atoms with Gasteiger partial charge in [0.25, 0.3) is 0 Å². The number of benzene rings is 1. The van der Waals surface area contributed by atoms with Gasteiger partial charge in [-0.25, -0.2) is 9.07 Å². The van der Waals surface area contributed by atoms with Crippen LogP contribution in [0.5, 0.6) is 0 Å². The zero-order chi connectivity index (χ0) is 21.6. The van der Waals surface area contributed by atoms with E-state index in [1.165, 1.54) is 17.7 Å². The maximum Gasteiger partial charge on any atom is 0.123 e. The molecular weight excluding hydrogens is 415 g/mol. The van der Waals surface area contributed by atoms with Gasteiger partial charge in [0, 0.05) is 24.4 Å². The molecule has 6 nitrogen and oxygen atoms in total. The van der Waals surface area contributed by atoms with Crippen molar-refractivity contribution in [3.05, 3.63) is 65.5 Å². The number of aromatic nitrogens is 4. The van der Waals surface area contributed by atoms with Crippen LogP contribution in [0.3, 0.4) is 0 Å². The molecule has 162 valence electrons. The van der Waals surface area contributed by atoms with Crippen molar-refractivity contribution in [2.75, 3.05) is 12.4 Å². The van der Waals surface area contributed by atoms with Crippen molar-refractivity contribution in [2.45, 2.75) is 30.6 Å². The number of aliphatic hydroxyl groups excluding tert-OH is 1. The Morgan fingerprint density at radius 1 is 1.26 bits per heavy atom. The molecule has 3 unspecified atom stereocenters. The molecule has 2 aliphatic rings. The van der Waals surface area contributed by atoms with E-state index in [9.17, 15) is 13.7 Å². The maximum absolute atomic E-state index is 13.3. The van der Waals surface area contributed by atoms with E-state index < -0.39 is 10.8 Å². The van der Waals surface area contributed by atoms with Gasteiger partial charge in [-0.05, 0) is 67.5 Å². The Hall–Kier alpha value is -2.58. The van der Waals surface area contributed by atoms with Gasteiger partial charge >= 0.3 is 0 Å². The van der Waals surface area contributed by atoms with Crippen LogP contribution in [-0.4, -0.2) is 41.2 Å². The molecule has 0 spiro atoms. The number of hydrogen-bond acceptors (Lipinski definition) is 4. The molecule has 0 aliphatic heterocycles. The van der Waals surface area contributed by atoms with E-state index in [1.54, 1.807) is 23.0 Å². The summed E-state index contributed by atoms with van der Waals surface area (Å²) in [5.41, 5.74) is 3.80. The maximum atomic E-state index is 13.3. The minimum absolute atomic E-state index is 0.0655. The van der Waals surface area contributed by atoms with Crippen LogP contribution in [0.15, 0.2) is 53.3 Å². The number of fused-ring (bicyclic) bond motifs is 2. The minimum Gasteiger partial charge on any atom is -0.395 e. The van der Waals surface area contributed by atoms with Gasteiger partial charge in [-0.15, -0.1) is 0 Å². The van der Waals surface area contributed by atoms with E-state index in [-0.39, 0.29) is 23.8 Å². The molecule has 0 saturated heterocycles. The Morgan fingerprint density at radius 2 is 2.06 bits per heavy atom. The van der Waals surface area contributed by atoms with Gasteiger partial charge < -0.3 is 5.11 Å². The van der Waals surface area contributed by atoms with E-state index in [4.69, 9.17) is 0 Å². The van der Waals surface area contributed by atoms with Crippen molar-refractivity contribution < 1.29 is 13.7 Å². The second-order valence-corrected chi connectivity index (χ2v) is 10.2. The first-order valence-electron chi connectivity index (χ1n) is 10.5. The Balaban J connectivity index is 1.39. The van der Waals surface area contributed by atoms with Crippen LogP contribution in [-0.2, 0) is 24.3 Å². The molecular formula is C23H25FN4O2S. The summed E-state index contributed by atoms with van der Waals surface area (Å²) in [6, 6.07) is 6.31. The lowest BCUT2D eigenvalue weighted by molar-refractivity contribution is 0.109. The predicted molar refractivity (Wildman–Crippen MR) is 117 cm³/mol. The zero-order valence-corrected chi connectivity index (χ0v) is 18.2. The van der Waals surface area contributed by atoms with Crippen molar-refractivity contribution in [1.29, 1.82) is 0 Å². The summed E-state index contributed by atoms with van der Waals surface area (Å²) in [6.07, 6.45) is 10.8. The highest BCUT2D eigenvalue weighted by Crippen LogP contribution is 2.49. The first kappa shape index (κ1) is 20.3. The minimum atomic E-state index is -1.09. The number of rotatable bonds is 5. The van der Waals surface area contributed by atoms with E-state index in [0.29, 0.717) is 12.2 Å². The molecule has 2 heterocycles. The molecule has 1 N–H and O–H groups in total. The molecule has 2 aliphatic carbocycles. The monoisotopic (exact) mass is 440 g/mol. The summed E-state index contributed by atoms with van der Waals surface area (Å²) in [7, 11) is 0.732. The smallest absolute Gasteiger partial charge is 0.123 e. The highest BCUT2D eigenvalue weighted by molar-refractivity contribution is 7.85. The lowest BCUT2D eigenvalue weighted by atomic mass is 9.62. The summed E-state index contributed by atoms with van der Waals surface area (Å²) in [5, 5.41) is 19.1. The molecule has 1 fully saturated rings. The fraction of sp³-hybridized carbons (Fsp3) is 0.391. The van der Waals surface area contributed by atoms with Crippen molar-refractivity contribution in [2.24, 2.45) is 18.4 Å². The standard InChI is InChI=1S/C23H25FN4O2S/c1-27-13-21(12-25-27)31(30)14-16-2-3-18-8-22-17(10-23(18,9-16)15-29)11-26-28(22)20-6-4-19(24)5-7-20/h4-8,11-13,16,29H,2-3,9-10,14-15H2,1H3. The summed E-state index contributed by atoms with van der Waals surface area (Å²) < 4.78 is 29.6. The number of nitrogens with zero attached hydrogens (tertiary/aromatic N) is 4. The van der Waals surface area contributed by atoms with Gasteiger partial charge in [-0.3, -0.25) is 8.89 Å². The Bertz CT molecular complexity index is 1170. The van der Waals surface area contributed by atoms with Crippen LogP contribution < -0.4 is 0 Å². The van der Waals surface area contributed by atoms with Crippen LogP contribution in [0.4, 0.5) is 4.39 Å². The van der Waals surface area contributed by atoms with E-state index in [2.05, 4.69) is 16.3 Å². The molecule has 0 amide bonds. The van der Waals surface area contributed by atoms with Gasteiger partial charge in [-0.1, -0.05) is 5.57 Å². The molecule has 2 aromatic heterocycles. The molecule has 3 aromatic rings. The second-order valence-electron chi connectivity index (χ2n) is 8.70. The normalized spacial score (nSPS) is 23.7. The molecule has 0 bridgehead atoms. The lowest BCUT2D eigenvalue weighted by Gasteiger charge is -2.44. The Morgan fingerprint density at radius 3 is 2.77 bits per heavy atom. The highest BCUT2D eigenvalue weighted by atomic mass is 32.2. The average molecular weight is 441 g/mol. The van der Waals surface area contributed by atoms with Crippen LogP contribution in [0.2, 0.25) is 0 Å². The van der Waals surface area contributed by atoms with Gasteiger partial charge in [0.1, 0.15) is 5.82 Å². The topological polar surface area (TPSA) is 72.9 Å². The fourth-order valence-electron chi connectivity index (χ4n) is 5.01. The van der Waals surface area contributed by atoms with E-state index in [1.807, 2.05) is 24.1 Å². The first-order valence-corrected chi connectivity index (χ1v) is 11.8. The summed E-state index contributed by atoms with van der Waals surface area (Å²) in [6.45, 7) is 0.0655. The quantitative estimate of drug-likeness (QED) is 0.661. The third kappa shape index (κ3) is 3.68. The summed E-state index contributed by atoms with van der Waals surface area (Å²) in [4.78, 5) is 0.758. The predicted octanol–water partition coefficient (Wildman–Crippen LogP) is 3.27. The first-order chi connectivity index (χ1) is 15.0. The second kappa shape index (κ2) is 7.84. The highest BCUT2D eigenvalue weighted by Gasteiger charge is 2.43. The fourth-order valence-corrected chi connectivity index (χ4v) is 6.35. The Kier molecular flexibility index (Phi) is 5.14. The lowest BCUT2D eigenvalue weighted by Crippen LogP contribution is -2.39. The third-order valence-corrected chi connectivity index (χ3v) is 8.12. The van der Waals surface area contributed by atoms with Gasteiger partial charge in [-0.2, -0.15) is 10.2 Å². The third-order valence-electron chi connectivity index (χ3n) is 6.61. The van der Waals surface area contributed by atoms with Crippen molar-refractivity contribution in [1.82, 2.24) is 19.6 Å². The largest absolute Gasteiger partial charge is 0.395 e. The molecule has 1 aromatic carbocycles. The van der Waals surface area contributed by atoms with E-state index in [0.717, 1.165) is 41.1 Å². The van der Waals surface area contributed by atoms with E-state index >= 15 is 0 Å². The van der Waals surface area contributed by atoms with Crippen LogP contribution in [0, 0.1) is 17.2 Å². The van der Waals surface area contributed by atoms with Crippen LogP contribution >= 0.6 is 0 Å². The molecule has 3 atom stereocenters. The number of hydrogen-bond donors (Lipinski definition) is 1. The summed E-state index contributed by atoms with van der Waals surface area (Å²) in [5.74, 6) is 0.589. The van der Waals surface area contributed by atoms with Gasteiger partial charge in [0.2, 0.25) is 0 Å². The number of aryl methyl sites for hydroxylation is 1. The average Bonchev–Trinajstić information content (AvgIpc) is 3.38. The summed E-state index contributed by atoms with van der Waals surface area (Å²) >= 11 is 0. The van der Waals surface area contributed by atoms with Crippen LogP contribution in [0.1, 0.15) is 30.5 Å². The van der Waals surface area contributed by atoms with Gasteiger partial charge in [0.05, 0.1) is 46.1 Å². The zero-order valence-electron chi connectivity index (χ0n) is 17.4. The van der Waals surface area contributed by atoms with Crippen molar-refractivity contribution >= 4 is 16.9 Å². The molecule has 0 radical (unpaired) electrons. The number of halogens is 1. The van der Waals surface area contributed by atoms with Gasteiger partial charge in [0.15, 0.2) is 0 Å². The SMILES string of the molecule is Cn1cc(S(=O)CC2CCC3=Cc4c(cnn4-c4ccc(F)cc4)CC3(CO)C2)cn1. The molecule has 31 heavy (non-hydrogen) atoms.